The van der Waals surface area contributed by atoms with E-state index < -0.39 is 27.6 Å². The zero-order valence-corrected chi connectivity index (χ0v) is 18.0. The Bertz CT molecular complexity index is 799. The molecule has 8 heteroatoms. The maximum atomic E-state index is 13.0. The number of methoxy groups -OCH3 is 1. The number of ether oxygens (including phenoxy) is 1. The Morgan fingerprint density at radius 1 is 1.18 bits per heavy atom. The maximum absolute atomic E-state index is 13.0. The zero-order valence-electron chi connectivity index (χ0n) is 16.4. The van der Waals surface area contributed by atoms with Gasteiger partial charge in [-0.2, -0.15) is 11.3 Å². The first-order chi connectivity index (χ1) is 13.1. The van der Waals surface area contributed by atoms with E-state index in [0.717, 1.165) is 5.56 Å². The van der Waals surface area contributed by atoms with Crippen LogP contribution < -0.4 is 4.72 Å². The summed E-state index contributed by atoms with van der Waals surface area (Å²) in [6.45, 7) is 5.50. The molecule has 152 valence electrons. The van der Waals surface area contributed by atoms with Crippen molar-refractivity contribution in [3.05, 3.63) is 52.2 Å². The van der Waals surface area contributed by atoms with Gasteiger partial charge in [-0.15, -0.1) is 4.72 Å². The van der Waals surface area contributed by atoms with Crippen LogP contribution in [-0.4, -0.2) is 33.3 Å². The van der Waals surface area contributed by atoms with Gasteiger partial charge < -0.3 is 14.4 Å². The van der Waals surface area contributed by atoms with E-state index in [2.05, 4.69) is 9.46 Å². The SMILES string of the molecule is COC(=O)CC(=O)CC(N[S+]([O-])C(C)(C)C)(c1ccc(O)cc1)c1ccsc1. The molecular weight excluding hydrogens is 398 g/mol. The molecule has 0 aliphatic carbocycles. The highest BCUT2D eigenvalue weighted by molar-refractivity contribution is 7.90. The summed E-state index contributed by atoms with van der Waals surface area (Å²) in [5.74, 6) is -0.878. The molecule has 2 unspecified atom stereocenters. The summed E-state index contributed by atoms with van der Waals surface area (Å²) in [5, 5.41) is 13.4. The van der Waals surface area contributed by atoms with Crippen LogP contribution in [0.2, 0.25) is 0 Å². The first-order valence-electron chi connectivity index (χ1n) is 8.69. The van der Waals surface area contributed by atoms with Crippen LogP contribution >= 0.6 is 11.3 Å². The number of esters is 1. The average molecular weight is 424 g/mol. The minimum atomic E-state index is -1.50. The van der Waals surface area contributed by atoms with Crippen LogP contribution in [0.15, 0.2) is 41.1 Å². The highest BCUT2D eigenvalue weighted by Crippen LogP contribution is 2.38. The van der Waals surface area contributed by atoms with E-state index in [1.54, 1.807) is 12.1 Å². The number of phenols is 1. The van der Waals surface area contributed by atoms with Gasteiger partial charge in [-0.25, -0.2) is 0 Å². The van der Waals surface area contributed by atoms with E-state index in [9.17, 15) is 19.2 Å². The number of Topliss-reactive ketones (excluding diaryl/α,β-unsaturated/α-hetero) is 1. The van der Waals surface area contributed by atoms with Crippen molar-refractivity contribution in [1.29, 1.82) is 0 Å². The van der Waals surface area contributed by atoms with Gasteiger partial charge in [0.25, 0.3) is 0 Å². The van der Waals surface area contributed by atoms with Crippen LogP contribution in [0.4, 0.5) is 0 Å². The highest BCUT2D eigenvalue weighted by atomic mass is 32.2. The zero-order chi connectivity index (χ0) is 20.9. The minimum Gasteiger partial charge on any atom is -0.598 e. The van der Waals surface area contributed by atoms with Gasteiger partial charge in [-0.1, -0.05) is 12.1 Å². The summed E-state index contributed by atoms with van der Waals surface area (Å²) in [7, 11) is 1.23. The third kappa shape index (κ3) is 5.35. The number of nitrogens with one attached hydrogen (secondary N) is 1. The van der Waals surface area contributed by atoms with Gasteiger partial charge in [-0.05, 0) is 60.9 Å². The number of rotatable bonds is 8. The third-order valence-electron chi connectivity index (χ3n) is 4.23. The van der Waals surface area contributed by atoms with Crippen LogP contribution in [0.25, 0.3) is 0 Å². The Morgan fingerprint density at radius 3 is 2.32 bits per heavy atom. The first kappa shape index (κ1) is 22.4. The number of hydrogen-bond acceptors (Lipinski definition) is 7. The molecule has 2 rings (SSSR count). The molecule has 1 aromatic heterocycles. The van der Waals surface area contributed by atoms with Crippen molar-refractivity contribution < 1.29 is 24.0 Å². The van der Waals surface area contributed by atoms with Crippen LogP contribution in [0.1, 0.15) is 44.7 Å². The number of hydrogen-bond donors (Lipinski definition) is 2. The van der Waals surface area contributed by atoms with Gasteiger partial charge in [-0.3, -0.25) is 9.59 Å². The fourth-order valence-corrected chi connectivity index (χ4v) is 4.34. The number of carbonyl (C=O) groups is 2. The molecule has 1 aromatic carbocycles. The van der Waals surface area contributed by atoms with Crippen molar-refractivity contribution in [2.75, 3.05) is 7.11 Å². The minimum absolute atomic E-state index is 0.0841. The molecule has 0 saturated heterocycles. The Hall–Kier alpha value is -1.87. The standard InChI is InChI=1S/C20H25NO5S2/c1-19(2,3)28(25)21-20(15-9-10-27-13-15,12-17(23)11-18(24)26-4)14-5-7-16(22)8-6-14/h5-10,13,21-22H,11-12H2,1-4H3. The van der Waals surface area contributed by atoms with Gasteiger partial charge in [0, 0.05) is 17.8 Å². The Labute approximate surface area is 172 Å². The molecule has 0 radical (unpaired) electrons. The van der Waals surface area contributed by atoms with Crippen molar-refractivity contribution >= 4 is 34.5 Å². The van der Waals surface area contributed by atoms with Gasteiger partial charge in [0.2, 0.25) is 0 Å². The fourth-order valence-electron chi connectivity index (χ4n) is 2.68. The molecule has 1 heterocycles. The quantitative estimate of drug-likeness (QED) is 0.384. The number of thiophene rings is 1. The Morgan fingerprint density at radius 2 is 1.82 bits per heavy atom. The predicted octanol–water partition coefficient (Wildman–Crippen LogP) is 3.27. The van der Waals surface area contributed by atoms with Gasteiger partial charge in [0.1, 0.15) is 28.2 Å². The molecule has 2 aromatic rings. The second-order valence-electron chi connectivity index (χ2n) is 7.42. The lowest BCUT2D eigenvalue weighted by Crippen LogP contribution is -2.53. The van der Waals surface area contributed by atoms with Crippen molar-refractivity contribution in [2.24, 2.45) is 0 Å². The summed E-state index contributed by atoms with van der Waals surface area (Å²) in [4.78, 5) is 24.3. The number of ketones is 1. The molecule has 6 nitrogen and oxygen atoms in total. The third-order valence-corrected chi connectivity index (χ3v) is 6.56. The summed E-state index contributed by atoms with van der Waals surface area (Å²) in [5.41, 5.74) is 0.315. The van der Waals surface area contributed by atoms with Crippen molar-refractivity contribution in [1.82, 2.24) is 4.72 Å². The topological polar surface area (TPSA) is 98.7 Å². The van der Waals surface area contributed by atoms with Crippen LogP contribution in [0.3, 0.4) is 0 Å². The maximum Gasteiger partial charge on any atom is 0.313 e. The first-order valence-corrected chi connectivity index (χ1v) is 10.8. The van der Waals surface area contributed by atoms with E-state index in [1.165, 1.54) is 30.6 Å². The van der Waals surface area contributed by atoms with Gasteiger partial charge in [0.05, 0.1) is 7.11 Å². The van der Waals surface area contributed by atoms with E-state index in [0.29, 0.717) is 5.56 Å². The van der Waals surface area contributed by atoms with E-state index in [4.69, 9.17) is 0 Å². The van der Waals surface area contributed by atoms with Gasteiger partial charge in [0.15, 0.2) is 0 Å². The second-order valence-corrected chi connectivity index (χ2v) is 10.2. The highest BCUT2D eigenvalue weighted by Gasteiger charge is 2.44. The molecule has 28 heavy (non-hydrogen) atoms. The molecular formula is C20H25NO5S2. The lowest BCUT2D eigenvalue weighted by molar-refractivity contribution is -0.143. The van der Waals surface area contributed by atoms with Gasteiger partial charge >= 0.3 is 5.97 Å². The summed E-state index contributed by atoms with van der Waals surface area (Å²) < 4.78 is 20.2. The average Bonchev–Trinajstić information content (AvgIpc) is 3.15. The van der Waals surface area contributed by atoms with E-state index in [-0.39, 0.29) is 24.4 Å². The molecule has 0 fully saturated rings. The smallest absolute Gasteiger partial charge is 0.313 e. The second kappa shape index (κ2) is 9.09. The Balaban J connectivity index is 2.56. The predicted molar refractivity (Wildman–Crippen MR) is 110 cm³/mol. The molecule has 0 aliphatic heterocycles. The normalized spacial score (nSPS) is 14.9. The fraction of sp³-hybridized carbons (Fsp3) is 0.400. The number of carbonyl (C=O) groups excluding carboxylic acids is 2. The molecule has 2 N–H and O–H groups in total. The van der Waals surface area contributed by atoms with E-state index >= 15 is 0 Å². The molecule has 0 bridgehead atoms. The largest absolute Gasteiger partial charge is 0.598 e. The number of aromatic hydroxyl groups is 1. The molecule has 0 aliphatic rings. The molecule has 2 atom stereocenters. The van der Waals surface area contributed by atoms with Crippen molar-refractivity contribution in [2.45, 2.75) is 43.9 Å². The summed E-state index contributed by atoms with van der Waals surface area (Å²) >= 11 is -0.0513. The van der Waals surface area contributed by atoms with Crippen LogP contribution in [0, 0.1) is 0 Å². The lowest BCUT2D eigenvalue weighted by atomic mass is 9.80. The molecule has 0 amide bonds. The van der Waals surface area contributed by atoms with E-state index in [1.807, 2.05) is 37.6 Å². The lowest BCUT2D eigenvalue weighted by Gasteiger charge is -2.37. The summed E-state index contributed by atoms with van der Waals surface area (Å²) in [6.07, 6.45) is -0.463. The van der Waals surface area contributed by atoms with Crippen LogP contribution in [0.5, 0.6) is 5.75 Å². The number of benzene rings is 1. The van der Waals surface area contributed by atoms with Crippen molar-refractivity contribution in [3.63, 3.8) is 0 Å². The number of phenolic OH excluding ortho intramolecular Hbond substituents is 1. The van der Waals surface area contributed by atoms with Crippen molar-refractivity contribution in [3.8, 4) is 5.75 Å². The summed E-state index contributed by atoms with van der Waals surface area (Å²) in [6, 6.07) is 8.26. The molecule has 0 spiro atoms. The van der Waals surface area contributed by atoms with Crippen LogP contribution in [-0.2, 0) is 31.2 Å². The molecule has 0 saturated carbocycles. The Kier molecular flexibility index (Phi) is 7.28. The monoisotopic (exact) mass is 423 g/mol.